The van der Waals surface area contributed by atoms with Gasteiger partial charge in [-0.25, -0.2) is 12.8 Å². The van der Waals surface area contributed by atoms with Gasteiger partial charge in [-0.15, -0.1) is 0 Å². The molecule has 0 radical (unpaired) electrons. The molecule has 3 rings (SSSR count). The number of anilines is 1. The molecular formula is C22H27FN2O4S. The molecule has 0 bridgehead atoms. The molecule has 1 fully saturated rings. The van der Waals surface area contributed by atoms with Crippen molar-refractivity contribution in [3.8, 4) is 5.75 Å². The topological polar surface area (TPSA) is 75.7 Å². The van der Waals surface area contributed by atoms with Crippen LogP contribution in [0, 0.1) is 5.82 Å². The molecule has 1 N–H and O–H groups in total. The number of carbonyl (C=O) groups is 1. The fraction of sp³-hybridized carbons (Fsp3) is 0.409. The number of carbonyl (C=O) groups excluding carboxylic acids is 1. The van der Waals surface area contributed by atoms with E-state index in [0.29, 0.717) is 25.2 Å². The molecule has 1 saturated carbocycles. The molecule has 1 aliphatic carbocycles. The Morgan fingerprint density at radius 1 is 1.10 bits per heavy atom. The summed E-state index contributed by atoms with van der Waals surface area (Å²) in [6.07, 6.45) is 4.27. The standard InChI is InChI=1S/C22H27FN2O4S/c1-2-29-18-12-14-19(15-13-18)30(27,28)25(17-8-4-3-5-9-17)16-22(26)24-21-11-7-6-10-20(21)23/h6-7,10-15,17H,2-5,8-9,16H2,1H3,(H,24,26). The van der Waals surface area contributed by atoms with Gasteiger partial charge in [0.05, 0.1) is 23.7 Å². The maximum atomic E-state index is 13.9. The number of hydrogen-bond donors (Lipinski definition) is 1. The first-order valence-electron chi connectivity index (χ1n) is 10.2. The predicted octanol–water partition coefficient (Wildman–Crippen LogP) is 4.19. The second kappa shape index (κ2) is 10.0. The van der Waals surface area contributed by atoms with Crippen LogP contribution in [0.15, 0.2) is 53.4 Å². The molecule has 6 nitrogen and oxygen atoms in total. The van der Waals surface area contributed by atoms with E-state index in [1.807, 2.05) is 6.92 Å². The van der Waals surface area contributed by atoms with E-state index in [0.717, 1.165) is 19.3 Å². The van der Waals surface area contributed by atoms with Gasteiger partial charge in [-0.05, 0) is 56.2 Å². The lowest BCUT2D eigenvalue weighted by Gasteiger charge is -2.33. The van der Waals surface area contributed by atoms with Crippen LogP contribution >= 0.6 is 0 Å². The molecule has 30 heavy (non-hydrogen) atoms. The van der Waals surface area contributed by atoms with Crippen LogP contribution in [0.25, 0.3) is 0 Å². The SMILES string of the molecule is CCOc1ccc(S(=O)(=O)N(CC(=O)Nc2ccccc2F)C2CCCCC2)cc1. The van der Waals surface area contributed by atoms with Crippen molar-refractivity contribution >= 4 is 21.6 Å². The summed E-state index contributed by atoms with van der Waals surface area (Å²) >= 11 is 0. The fourth-order valence-electron chi connectivity index (χ4n) is 3.68. The first kappa shape index (κ1) is 22.2. The monoisotopic (exact) mass is 434 g/mol. The Labute approximate surface area is 177 Å². The van der Waals surface area contributed by atoms with Gasteiger partial charge in [-0.3, -0.25) is 4.79 Å². The number of halogens is 1. The van der Waals surface area contributed by atoms with Crippen molar-refractivity contribution in [1.82, 2.24) is 4.31 Å². The molecule has 0 heterocycles. The third-order valence-electron chi connectivity index (χ3n) is 5.17. The molecule has 0 aromatic heterocycles. The van der Waals surface area contributed by atoms with Crippen LogP contribution in [0.4, 0.5) is 10.1 Å². The van der Waals surface area contributed by atoms with Gasteiger partial charge in [0.25, 0.3) is 0 Å². The fourth-order valence-corrected chi connectivity index (χ4v) is 5.32. The van der Waals surface area contributed by atoms with E-state index in [9.17, 15) is 17.6 Å². The zero-order chi connectivity index (χ0) is 21.6. The molecule has 1 aliphatic rings. The Kier molecular flexibility index (Phi) is 7.44. The van der Waals surface area contributed by atoms with Gasteiger partial charge in [-0.2, -0.15) is 4.31 Å². The number of nitrogens with one attached hydrogen (secondary N) is 1. The van der Waals surface area contributed by atoms with Crippen molar-refractivity contribution in [2.75, 3.05) is 18.5 Å². The maximum Gasteiger partial charge on any atom is 0.243 e. The van der Waals surface area contributed by atoms with Crippen LogP contribution in [-0.2, 0) is 14.8 Å². The molecule has 162 valence electrons. The predicted molar refractivity (Wildman–Crippen MR) is 113 cm³/mol. The highest BCUT2D eigenvalue weighted by Gasteiger charge is 2.34. The van der Waals surface area contributed by atoms with E-state index in [4.69, 9.17) is 4.74 Å². The van der Waals surface area contributed by atoms with E-state index in [2.05, 4.69) is 5.32 Å². The summed E-state index contributed by atoms with van der Waals surface area (Å²) in [5, 5.41) is 2.49. The van der Waals surface area contributed by atoms with Crippen LogP contribution in [0.5, 0.6) is 5.75 Å². The number of hydrogen-bond acceptors (Lipinski definition) is 4. The minimum absolute atomic E-state index is 0.0320. The lowest BCUT2D eigenvalue weighted by molar-refractivity contribution is -0.116. The third kappa shape index (κ3) is 5.37. The van der Waals surface area contributed by atoms with Crippen LogP contribution in [0.3, 0.4) is 0 Å². The van der Waals surface area contributed by atoms with Crippen LogP contribution < -0.4 is 10.1 Å². The molecular weight excluding hydrogens is 407 g/mol. The van der Waals surface area contributed by atoms with Gasteiger partial charge in [0.15, 0.2) is 0 Å². The van der Waals surface area contributed by atoms with Gasteiger partial charge in [-0.1, -0.05) is 31.4 Å². The maximum absolute atomic E-state index is 13.9. The molecule has 2 aromatic carbocycles. The second-order valence-corrected chi connectivity index (χ2v) is 9.17. The number of nitrogens with zero attached hydrogens (tertiary/aromatic N) is 1. The van der Waals surface area contributed by atoms with Crippen LogP contribution in [-0.4, -0.2) is 37.8 Å². The molecule has 0 spiro atoms. The minimum atomic E-state index is -3.91. The lowest BCUT2D eigenvalue weighted by Crippen LogP contribution is -2.45. The highest BCUT2D eigenvalue weighted by molar-refractivity contribution is 7.89. The third-order valence-corrected chi connectivity index (χ3v) is 7.08. The summed E-state index contributed by atoms with van der Waals surface area (Å²) in [6, 6.07) is 11.7. The first-order chi connectivity index (χ1) is 14.4. The molecule has 0 unspecified atom stereocenters. The van der Waals surface area contributed by atoms with E-state index in [1.54, 1.807) is 18.2 Å². The summed E-state index contributed by atoms with van der Waals surface area (Å²) in [5.74, 6) is -0.553. The Morgan fingerprint density at radius 3 is 2.40 bits per heavy atom. The summed E-state index contributed by atoms with van der Waals surface area (Å²) in [6.45, 7) is 1.97. The van der Waals surface area contributed by atoms with E-state index in [1.165, 1.54) is 34.6 Å². The van der Waals surface area contributed by atoms with Crippen LogP contribution in [0.1, 0.15) is 39.0 Å². The van der Waals surface area contributed by atoms with Gasteiger partial charge in [0.1, 0.15) is 11.6 Å². The highest BCUT2D eigenvalue weighted by Crippen LogP contribution is 2.28. The van der Waals surface area contributed by atoms with E-state index in [-0.39, 0.29) is 23.2 Å². The van der Waals surface area contributed by atoms with Crippen molar-refractivity contribution in [2.24, 2.45) is 0 Å². The Morgan fingerprint density at radius 2 is 1.77 bits per heavy atom. The Balaban J connectivity index is 1.84. The number of rotatable bonds is 8. The Bertz CT molecular complexity index is 957. The van der Waals surface area contributed by atoms with Crippen LogP contribution in [0.2, 0.25) is 0 Å². The summed E-state index contributed by atoms with van der Waals surface area (Å²) in [7, 11) is -3.91. The number of para-hydroxylation sites is 1. The zero-order valence-corrected chi connectivity index (χ0v) is 17.8. The molecule has 1 amide bonds. The lowest BCUT2D eigenvalue weighted by atomic mass is 9.95. The minimum Gasteiger partial charge on any atom is -0.494 e. The number of ether oxygens (including phenoxy) is 1. The van der Waals surface area contributed by atoms with Crippen molar-refractivity contribution in [2.45, 2.75) is 50.0 Å². The molecule has 8 heteroatoms. The van der Waals surface area contributed by atoms with E-state index >= 15 is 0 Å². The second-order valence-electron chi connectivity index (χ2n) is 7.27. The quantitative estimate of drug-likeness (QED) is 0.676. The molecule has 0 atom stereocenters. The normalized spacial score (nSPS) is 15.2. The van der Waals surface area contributed by atoms with Gasteiger partial charge in [0.2, 0.25) is 15.9 Å². The summed E-state index contributed by atoms with van der Waals surface area (Å²) in [4.78, 5) is 12.7. The first-order valence-corrected chi connectivity index (χ1v) is 11.6. The molecule has 2 aromatic rings. The van der Waals surface area contributed by atoms with Crippen molar-refractivity contribution in [1.29, 1.82) is 0 Å². The summed E-state index contributed by atoms with van der Waals surface area (Å²) < 4.78 is 47.3. The summed E-state index contributed by atoms with van der Waals surface area (Å²) in [5.41, 5.74) is 0.0320. The van der Waals surface area contributed by atoms with Crippen molar-refractivity contribution < 1.29 is 22.3 Å². The number of sulfonamides is 1. The molecule has 0 aliphatic heterocycles. The largest absolute Gasteiger partial charge is 0.494 e. The van der Waals surface area contributed by atoms with Crippen molar-refractivity contribution in [3.63, 3.8) is 0 Å². The van der Waals surface area contributed by atoms with Gasteiger partial charge in [0, 0.05) is 6.04 Å². The van der Waals surface area contributed by atoms with Crippen molar-refractivity contribution in [3.05, 3.63) is 54.3 Å². The average Bonchev–Trinajstić information content (AvgIpc) is 2.75. The van der Waals surface area contributed by atoms with E-state index < -0.39 is 21.7 Å². The van der Waals surface area contributed by atoms with Gasteiger partial charge >= 0.3 is 0 Å². The number of benzene rings is 2. The zero-order valence-electron chi connectivity index (χ0n) is 17.0. The molecule has 0 saturated heterocycles. The number of amides is 1. The van der Waals surface area contributed by atoms with Gasteiger partial charge < -0.3 is 10.1 Å². The highest BCUT2D eigenvalue weighted by atomic mass is 32.2. The Hall–Kier alpha value is -2.45. The smallest absolute Gasteiger partial charge is 0.243 e. The average molecular weight is 435 g/mol.